The minimum absolute atomic E-state index is 0.0849. The molecule has 1 aliphatic heterocycles. The number of amides is 1. The van der Waals surface area contributed by atoms with Crippen LogP contribution in [0, 0.1) is 13.8 Å². The number of nitrogens with zero attached hydrogens (tertiary/aromatic N) is 1. The number of rotatable bonds is 3. The summed E-state index contributed by atoms with van der Waals surface area (Å²) in [5.41, 5.74) is 3.31. The second-order valence-corrected chi connectivity index (χ2v) is 8.04. The minimum atomic E-state index is -3.25. The van der Waals surface area contributed by atoms with Gasteiger partial charge in [-0.25, -0.2) is 8.42 Å². The van der Waals surface area contributed by atoms with Gasteiger partial charge in [-0.2, -0.15) is 0 Å². The molecule has 4 nitrogen and oxygen atoms in total. The zero-order valence-corrected chi connectivity index (χ0v) is 14.5. The Bertz CT molecular complexity index is 898. The van der Waals surface area contributed by atoms with E-state index in [4.69, 9.17) is 0 Å². The Labute approximate surface area is 142 Å². The molecule has 0 spiro atoms. The van der Waals surface area contributed by atoms with Crippen LogP contribution in [-0.2, 0) is 9.84 Å². The van der Waals surface area contributed by atoms with E-state index in [1.807, 2.05) is 56.3 Å². The summed E-state index contributed by atoms with van der Waals surface area (Å²) in [5, 5.41) is 1.20. The lowest BCUT2D eigenvalue weighted by Crippen LogP contribution is -2.41. The first kappa shape index (κ1) is 16.5. The highest BCUT2D eigenvalue weighted by Crippen LogP contribution is 2.25. The summed E-state index contributed by atoms with van der Waals surface area (Å²) in [6.45, 7) is 3.89. The average Bonchev–Trinajstić information content (AvgIpc) is 2.89. The summed E-state index contributed by atoms with van der Waals surface area (Å²) < 4.78 is 23.6. The van der Waals surface area contributed by atoms with E-state index < -0.39 is 15.9 Å². The fraction of sp³-hybridized carbons (Fsp3) is 0.211. The zero-order chi connectivity index (χ0) is 17.3. The van der Waals surface area contributed by atoms with Crippen LogP contribution < -0.4 is 4.90 Å². The van der Waals surface area contributed by atoms with Gasteiger partial charge in [-0.15, -0.1) is 0 Å². The quantitative estimate of drug-likeness (QED) is 0.861. The normalized spacial score (nSPS) is 18.5. The Kier molecular flexibility index (Phi) is 4.28. The predicted molar refractivity (Wildman–Crippen MR) is 95.9 cm³/mol. The van der Waals surface area contributed by atoms with Crippen LogP contribution in [-0.4, -0.2) is 26.1 Å². The molecule has 0 N–H and O–H groups in total. The highest BCUT2D eigenvalue weighted by molar-refractivity contribution is 7.94. The van der Waals surface area contributed by atoms with Crippen LogP contribution in [0.1, 0.15) is 21.5 Å². The van der Waals surface area contributed by atoms with Gasteiger partial charge in [0, 0.05) is 16.7 Å². The molecule has 2 aromatic carbocycles. The third-order valence-electron chi connectivity index (χ3n) is 4.04. The summed E-state index contributed by atoms with van der Waals surface area (Å²) in [6.07, 6.45) is 1.59. The minimum Gasteiger partial charge on any atom is -0.300 e. The molecule has 124 valence electrons. The van der Waals surface area contributed by atoms with Crippen LogP contribution in [0.25, 0.3) is 0 Å². The molecule has 0 unspecified atom stereocenters. The highest BCUT2D eigenvalue weighted by atomic mass is 32.2. The van der Waals surface area contributed by atoms with Crippen molar-refractivity contribution >= 4 is 21.4 Å². The predicted octanol–water partition coefficient (Wildman–Crippen LogP) is 3.26. The Morgan fingerprint density at radius 3 is 2.33 bits per heavy atom. The van der Waals surface area contributed by atoms with Gasteiger partial charge in [-0.1, -0.05) is 35.4 Å². The van der Waals surface area contributed by atoms with E-state index in [0.717, 1.165) is 11.1 Å². The van der Waals surface area contributed by atoms with Gasteiger partial charge < -0.3 is 4.90 Å². The molecule has 0 radical (unpaired) electrons. The van der Waals surface area contributed by atoms with Crippen LogP contribution in [0.4, 0.5) is 5.69 Å². The van der Waals surface area contributed by atoms with E-state index in [9.17, 15) is 13.2 Å². The number of sulfone groups is 1. The molecule has 1 atom stereocenters. The van der Waals surface area contributed by atoms with Crippen molar-refractivity contribution in [2.24, 2.45) is 0 Å². The van der Waals surface area contributed by atoms with E-state index >= 15 is 0 Å². The Morgan fingerprint density at radius 1 is 1.04 bits per heavy atom. The fourth-order valence-electron chi connectivity index (χ4n) is 2.80. The first-order valence-corrected chi connectivity index (χ1v) is 9.45. The number of carbonyl (C=O) groups excluding carboxylic acids is 1. The summed E-state index contributed by atoms with van der Waals surface area (Å²) >= 11 is 0. The second kappa shape index (κ2) is 6.24. The third-order valence-corrected chi connectivity index (χ3v) is 5.42. The molecule has 5 heteroatoms. The summed E-state index contributed by atoms with van der Waals surface area (Å²) in [6, 6.07) is 14.4. The summed E-state index contributed by atoms with van der Waals surface area (Å²) in [7, 11) is -3.25. The van der Waals surface area contributed by atoms with E-state index in [0.29, 0.717) is 11.3 Å². The van der Waals surface area contributed by atoms with Crippen LogP contribution in [0.5, 0.6) is 0 Å². The lowest BCUT2D eigenvalue weighted by Gasteiger charge is -2.28. The largest absolute Gasteiger partial charge is 0.300 e. The van der Waals surface area contributed by atoms with Gasteiger partial charge in [-0.3, -0.25) is 4.79 Å². The van der Waals surface area contributed by atoms with E-state index in [1.165, 1.54) is 5.41 Å². The van der Waals surface area contributed by atoms with Crippen molar-refractivity contribution in [2.75, 3.05) is 10.7 Å². The monoisotopic (exact) mass is 341 g/mol. The van der Waals surface area contributed by atoms with Gasteiger partial charge in [0.2, 0.25) is 0 Å². The molecule has 0 saturated heterocycles. The van der Waals surface area contributed by atoms with E-state index in [2.05, 4.69) is 0 Å². The summed E-state index contributed by atoms with van der Waals surface area (Å²) in [5.74, 6) is -0.285. The van der Waals surface area contributed by atoms with Gasteiger partial charge in [0.05, 0.1) is 11.8 Å². The molecule has 3 rings (SSSR count). The maximum Gasteiger partial charge on any atom is 0.258 e. The first-order valence-electron chi connectivity index (χ1n) is 7.73. The molecule has 0 fully saturated rings. The topological polar surface area (TPSA) is 54.5 Å². The third kappa shape index (κ3) is 3.41. The molecular weight excluding hydrogens is 322 g/mol. The van der Waals surface area contributed by atoms with Gasteiger partial charge in [0.1, 0.15) is 0 Å². The number of carbonyl (C=O) groups is 1. The highest BCUT2D eigenvalue weighted by Gasteiger charge is 2.31. The smallest absolute Gasteiger partial charge is 0.258 e. The van der Waals surface area contributed by atoms with Crippen molar-refractivity contribution in [3.8, 4) is 0 Å². The number of hydrogen-bond acceptors (Lipinski definition) is 3. The van der Waals surface area contributed by atoms with Crippen LogP contribution in [0.3, 0.4) is 0 Å². The van der Waals surface area contributed by atoms with E-state index in [-0.39, 0.29) is 11.7 Å². The molecule has 1 aliphatic rings. The van der Waals surface area contributed by atoms with Crippen molar-refractivity contribution in [1.82, 2.24) is 0 Å². The van der Waals surface area contributed by atoms with Crippen LogP contribution in [0.2, 0.25) is 0 Å². The average molecular weight is 341 g/mol. The molecule has 2 aromatic rings. The molecular formula is C19H19NO3S. The molecule has 0 aliphatic carbocycles. The summed E-state index contributed by atoms with van der Waals surface area (Å²) in [4.78, 5) is 14.6. The van der Waals surface area contributed by atoms with Gasteiger partial charge >= 0.3 is 0 Å². The number of hydrogen-bond donors (Lipinski definition) is 0. The van der Waals surface area contributed by atoms with Crippen molar-refractivity contribution in [3.63, 3.8) is 0 Å². The standard InChI is InChI=1S/C19H19NO3S/c1-14-6-8-17(9-7-14)20(18-10-11-24(22,23)13-18)19(21)16-5-3-4-15(2)12-16/h3-12,18H,13H2,1-2H3/t18-/m1/s1. The SMILES string of the molecule is Cc1ccc(N(C(=O)c2cccc(C)c2)[C@@H]2C=CS(=O)(=O)C2)cc1. The van der Waals surface area contributed by atoms with Crippen LogP contribution in [0.15, 0.2) is 60.0 Å². The Balaban J connectivity index is 2.03. The maximum atomic E-state index is 13.1. The van der Waals surface area contributed by atoms with Gasteiger partial charge in [0.25, 0.3) is 5.91 Å². The molecule has 1 heterocycles. The molecule has 1 amide bonds. The molecule has 0 aromatic heterocycles. The zero-order valence-electron chi connectivity index (χ0n) is 13.6. The van der Waals surface area contributed by atoms with E-state index in [1.54, 1.807) is 17.0 Å². The van der Waals surface area contributed by atoms with Crippen LogP contribution >= 0.6 is 0 Å². The Hall–Kier alpha value is -2.40. The fourth-order valence-corrected chi connectivity index (χ4v) is 4.07. The van der Waals surface area contributed by atoms with Crippen molar-refractivity contribution in [2.45, 2.75) is 19.9 Å². The van der Waals surface area contributed by atoms with Crippen molar-refractivity contribution in [3.05, 3.63) is 76.7 Å². The van der Waals surface area contributed by atoms with Crippen molar-refractivity contribution < 1.29 is 13.2 Å². The lowest BCUT2D eigenvalue weighted by atomic mass is 10.1. The lowest BCUT2D eigenvalue weighted by molar-refractivity contribution is 0.0983. The molecule has 0 saturated carbocycles. The number of benzene rings is 2. The first-order chi connectivity index (χ1) is 11.4. The maximum absolute atomic E-state index is 13.1. The number of anilines is 1. The Morgan fingerprint density at radius 2 is 1.75 bits per heavy atom. The van der Waals surface area contributed by atoms with Gasteiger partial charge in [0.15, 0.2) is 9.84 Å². The molecule has 24 heavy (non-hydrogen) atoms. The molecule has 0 bridgehead atoms. The van der Waals surface area contributed by atoms with Gasteiger partial charge in [-0.05, 0) is 44.2 Å². The van der Waals surface area contributed by atoms with Crippen molar-refractivity contribution in [1.29, 1.82) is 0 Å². The second-order valence-electron chi connectivity index (χ2n) is 6.11. The number of aryl methyl sites for hydroxylation is 2.